The normalized spacial score (nSPS) is 23.1. The Morgan fingerprint density at radius 2 is 2.31 bits per heavy atom. The molecule has 0 fully saturated rings. The Morgan fingerprint density at radius 3 is 2.94 bits per heavy atom. The van der Waals surface area contributed by atoms with E-state index in [9.17, 15) is 9.90 Å². The number of phenols is 1. The number of hydrogen-bond acceptors (Lipinski definition) is 5. The summed E-state index contributed by atoms with van der Waals surface area (Å²) < 4.78 is 5.01. The first-order valence-corrected chi connectivity index (χ1v) is 5.93. The molecule has 16 heavy (non-hydrogen) atoms. The molecule has 0 amide bonds. The number of benzene rings is 1. The van der Waals surface area contributed by atoms with Gasteiger partial charge in [0.1, 0.15) is 11.5 Å². The van der Waals surface area contributed by atoms with Crippen LogP contribution < -0.4 is 4.74 Å². The second-order valence-electron chi connectivity index (χ2n) is 3.41. The molecule has 0 spiro atoms. The van der Waals surface area contributed by atoms with E-state index in [1.165, 1.54) is 23.9 Å². The fourth-order valence-corrected chi connectivity index (χ4v) is 2.60. The molecule has 2 unspecified atom stereocenters. The predicted molar refractivity (Wildman–Crippen MR) is 59.1 cm³/mol. The molecule has 5 heteroatoms. The molecule has 0 saturated heterocycles. The van der Waals surface area contributed by atoms with Gasteiger partial charge in [0.15, 0.2) is 5.92 Å². The van der Waals surface area contributed by atoms with Crippen LogP contribution in [0.5, 0.6) is 11.5 Å². The third-order valence-electron chi connectivity index (χ3n) is 2.46. The van der Waals surface area contributed by atoms with Crippen LogP contribution in [0, 0.1) is 17.2 Å². The van der Waals surface area contributed by atoms with E-state index in [1.54, 1.807) is 6.07 Å². The Hall–Kier alpha value is -1.67. The number of hydrogen-bond donors (Lipinski definition) is 1. The quantitative estimate of drug-likeness (QED) is 0.594. The summed E-state index contributed by atoms with van der Waals surface area (Å²) in [7, 11) is 0. The Balaban J connectivity index is 2.52. The molecule has 1 aliphatic heterocycles. The summed E-state index contributed by atoms with van der Waals surface area (Å²) in [6.45, 7) is 0. The molecule has 2 rings (SSSR count). The molecule has 0 aliphatic carbocycles. The van der Waals surface area contributed by atoms with Crippen molar-refractivity contribution in [1.82, 2.24) is 0 Å². The molecule has 1 aromatic rings. The van der Waals surface area contributed by atoms with Crippen LogP contribution in [0.1, 0.15) is 10.8 Å². The maximum Gasteiger partial charge on any atom is 0.330 e. The summed E-state index contributed by atoms with van der Waals surface area (Å²) in [4.78, 5) is 11.5. The lowest BCUT2D eigenvalue weighted by Gasteiger charge is -2.26. The number of thioether (sulfide) groups is 1. The lowest BCUT2D eigenvalue weighted by molar-refractivity contribution is -0.138. The Morgan fingerprint density at radius 1 is 1.56 bits per heavy atom. The Labute approximate surface area is 96.8 Å². The van der Waals surface area contributed by atoms with Gasteiger partial charge in [-0.05, 0) is 12.3 Å². The maximum atomic E-state index is 11.5. The lowest BCUT2D eigenvalue weighted by Crippen LogP contribution is -2.29. The minimum atomic E-state index is -0.785. The fourth-order valence-electron chi connectivity index (χ4n) is 1.70. The molecule has 1 aliphatic rings. The zero-order valence-electron chi connectivity index (χ0n) is 8.51. The predicted octanol–water partition coefficient (Wildman–Crippen LogP) is 1.86. The van der Waals surface area contributed by atoms with Gasteiger partial charge in [-0.1, -0.05) is 6.07 Å². The van der Waals surface area contributed by atoms with Gasteiger partial charge in [0.2, 0.25) is 0 Å². The number of ether oxygens (including phenoxy) is 1. The number of carbonyl (C=O) groups excluding carboxylic acids is 1. The average molecular weight is 235 g/mol. The van der Waals surface area contributed by atoms with Gasteiger partial charge in [0.25, 0.3) is 0 Å². The van der Waals surface area contributed by atoms with Crippen LogP contribution in [-0.2, 0) is 4.79 Å². The van der Waals surface area contributed by atoms with Gasteiger partial charge in [0, 0.05) is 11.6 Å². The van der Waals surface area contributed by atoms with Crippen molar-refractivity contribution < 1.29 is 14.6 Å². The van der Waals surface area contributed by atoms with Crippen molar-refractivity contribution in [3.05, 3.63) is 23.8 Å². The summed E-state index contributed by atoms with van der Waals surface area (Å²) >= 11 is 1.43. The van der Waals surface area contributed by atoms with E-state index in [4.69, 9.17) is 10.00 Å². The summed E-state index contributed by atoms with van der Waals surface area (Å²) in [5, 5.41) is 18.0. The maximum absolute atomic E-state index is 11.5. The number of fused-ring (bicyclic) bond motifs is 1. The first-order valence-electron chi connectivity index (χ1n) is 4.64. The zero-order valence-corrected chi connectivity index (χ0v) is 9.32. The topological polar surface area (TPSA) is 70.3 Å². The van der Waals surface area contributed by atoms with Crippen LogP contribution in [0.3, 0.4) is 0 Å². The third-order valence-corrected chi connectivity index (χ3v) is 3.50. The van der Waals surface area contributed by atoms with Gasteiger partial charge in [-0.15, -0.1) is 0 Å². The molecule has 4 nitrogen and oxygen atoms in total. The Bertz CT molecular complexity index is 481. The molecular formula is C11H9NO3S. The van der Waals surface area contributed by atoms with E-state index in [0.29, 0.717) is 5.75 Å². The van der Waals surface area contributed by atoms with Crippen LogP contribution in [-0.4, -0.2) is 17.3 Å². The summed E-state index contributed by atoms with van der Waals surface area (Å²) in [6, 6.07) is 6.55. The average Bonchev–Trinajstić information content (AvgIpc) is 2.26. The van der Waals surface area contributed by atoms with Crippen molar-refractivity contribution in [2.75, 3.05) is 6.26 Å². The number of esters is 1. The first-order chi connectivity index (χ1) is 7.67. The summed E-state index contributed by atoms with van der Waals surface area (Å²) in [6.07, 6.45) is 1.84. The van der Waals surface area contributed by atoms with Crippen molar-refractivity contribution in [3.63, 3.8) is 0 Å². The highest BCUT2D eigenvalue weighted by Gasteiger charge is 2.37. The van der Waals surface area contributed by atoms with Crippen molar-refractivity contribution in [2.45, 2.75) is 5.25 Å². The van der Waals surface area contributed by atoms with E-state index in [0.717, 1.165) is 5.56 Å². The van der Waals surface area contributed by atoms with Gasteiger partial charge in [-0.2, -0.15) is 17.0 Å². The highest BCUT2D eigenvalue weighted by Crippen LogP contribution is 2.44. The van der Waals surface area contributed by atoms with Crippen molar-refractivity contribution in [3.8, 4) is 17.6 Å². The third kappa shape index (κ3) is 1.61. The van der Waals surface area contributed by atoms with Gasteiger partial charge in [-0.25, -0.2) is 0 Å². The Kier molecular flexibility index (Phi) is 2.75. The number of phenolic OH excluding ortho intramolecular Hbond substituents is 1. The number of nitriles is 1. The number of carbonyl (C=O) groups is 1. The lowest BCUT2D eigenvalue weighted by atomic mass is 9.96. The highest BCUT2D eigenvalue weighted by molar-refractivity contribution is 7.98. The highest BCUT2D eigenvalue weighted by atomic mass is 32.2. The molecular weight excluding hydrogens is 226 g/mol. The number of aromatic hydroxyl groups is 1. The minimum Gasteiger partial charge on any atom is -0.508 e. The monoisotopic (exact) mass is 235 g/mol. The first kappa shape index (κ1) is 10.8. The van der Waals surface area contributed by atoms with Crippen molar-refractivity contribution in [1.29, 1.82) is 5.26 Å². The molecule has 82 valence electrons. The second-order valence-corrected chi connectivity index (χ2v) is 4.39. The van der Waals surface area contributed by atoms with Crippen LogP contribution in [0.2, 0.25) is 0 Å². The van der Waals surface area contributed by atoms with Crippen LogP contribution in [0.15, 0.2) is 18.2 Å². The van der Waals surface area contributed by atoms with E-state index >= 15 is 0 Å². The van der Waals surface area contributed by atoms with Crippen molar-refractivity contribution in [2.24, 2.45) is 5.92 Å². The molecule has 1 N–H and O–H groups in total. The number of rotatable bonds is 1. The molecule has 2 atom stereocenters. The second kappa shape index (κ2) is 4.06. The van der Waals surface area contributed by atoms with Crippen molar-refractivity contribution >= 4 is 17.7 Å². The fraction of sp³-hybridized carbons (Fsp3) is 0.273. The van der Waals surface area contributed by atoms with E-state index in [2.05, 4.69) is 0 Å². The van der Waals surface area contributed by atoms with Gasteiger partial charge in [-0.3, -0.25) is 4.79 Å². The standard InChI is InChI=1S/C11H9NO3S/c1-16-10-7-3-2-6(13)4-9(7)15-11(14)8(10)5-12/h2-4,8,10,13H,1H3. The summed E-state index contributed by atoms with van der Waals surface area (Å²) in [5.41, 5.74) is 0.774. The number of nitrogens with zero attached hydrogens (tertiary/aromatic N) is 1. The van der Waals surface area contributed by atoms with Gasteiger partial charge >= 0.3 is 5.97 Å². The van der Waals surface area contributed by atoms with Gasteiger partial charge < -0.3 is 9.84 Å². The van der Waals surface area contributed by atoms with Crippen LogP contribution >= 0.6 is 11.8 Å². The SMILES string of the molecule is CSC1c2ccc(O)cc2OC(=O)C1C#N. The molecule has 0 bridgehead atoms. The molecule has 1 aromatic carbocycles. The molecule has 0 saturated carbocycles. The largest absolute Gasteiger partial charge is 0.508 e. The zero-order chi connectivity index (χ0) is 11.7. The smallest absolute Gasteiger partial charge is 0.330 e. The van der Waals surface area contributed by atoms with Crippen LogP contribution in [0.4, 0.5) is 0 Å². The van der Waals surface area contributed by atoms with Crippen LogP contribution in [0.25, 0.3) is 0 Å². The van der Waals surface area contributed by atoms with Gasteiger partial charge in [0.05, 0.1) is 11.3 Å². The van der Waals surface area contributed by atoms with E-state index < -0.39 is 11.9 Å². The molecule has 0 aromatic heterocycles. The minimum absolute atomic E-state index is 0.0433. The summed E-state index contributed by atoms with van der Waals surface area (Å²) in [5.74, 6) is -0.954. The van der Waals surface area contributed by atoms with E-state index in [-0.39, 0.29) is 11.0 Å². The molecule has 1 heterocycles. The van der Waals surface area contributed by atoms with E-state index in [1.807, 2.05) is 12.3 Å². The molecule has 0 radical (unpaired) electrons.